The first-order valence-corrected chi connectivity index (χ1v) is 7.26. The lowest BCUT2D eigenvalue weighted by molar-refractivity contribution is 0.0924. The molecule has 0 aliphatic carbocycles. The summed E-state index contributed by atoms with van der Waals surface area (Å²) >= 11 is 0. The van der Waals surface area contributed by atoms with Gasteiger partial charge in [-0.3, -0.25) is 4.79 Å². The molecule has 0 radical (unpaired) electrons. The number of nitrogens with one attached hydrogen (secondary N) is 2. The van der Waals surface area contributed by atoms with Crippen molar-refractivity contribution in [2.45, 2.75) is 25.8 Å². The standard InChI is InChI=1S/C18H18FN3O/c1-4-18(3,5-2)22-17(23)13-9-8-12-20-16(13)21-15-11-7-6-10-14(15)19/h1,6-12H,5H2,2-3H3,(H,20,21)(H,22,23). The number of carbonyl (C=O) groups excluding carboxylic acids is 1. The van der Waals surface area contributed by atoms with Gasteiger partial charge in [0.05, 0.1) is 16.8 Å². The molecule has 0 saturated carbocycles. The number of pyridine rings is 1. The van der Waals surface area contributed by atoms with Gasteiger partial charge in [0.25, 0.3) is 5.91 Å². The Bertz CT molecular complexity index is 754. The van der Waals surface area contributed by atoms with Gasteiger partial charge in [0.15, 0.2) is 0 Å². The summed E-state index contributed by atoms with van der Waals surface area (Å²) in [5.74, 6) is 2.06. The molecule has 0 fully saturated rings. The van der Waals surface area contributed by atoms with Crippen molar-refractivity contribution in [3.8, 4) is 12.3 Å². The van der Waals surface area contributed by atoms with Gasteiger partial charge < -0.3 is 10.6 Å². The third-order valence-electron chi connectivity index (χ3n) is 3.59. The summed E-state index contributed by atoms with van der Waals surface area (Å²) in [6.07, 6.45) is 7.60. The van der Waals surface area contributed by atoms with E-state index >= 15 is 0 Å². The quantitative estimate of drug-likeness (QED) is 0.831. The summed E-state index contributed by atoms with van der Waals surface area (Å²) in [6.45, 7) is 3.66. The van der Waals surface area contributed by atoms with Gasteiger partial charge in [0.2, 0.25) is 0 Å². The van der Waals surface area contributed by atoms with Crippen LogP contribution in [0, 0.1) is 18.2 Å². The highest BCUT2D eigenvalue weighted by Crippen LogP contribution is 2.21. The number of amides is 1. The summed E-state index contributed by atoms with van der Waals surface area (Å²) in [4.78, 5) is 16.6. The van der Waals surface area contributed by atoms with E-state index in [4.69, 9.17) is 6.42 Å². The van der Waals surface area contributed by atoms with Crippen LogP contribution in [-0.2, 0) is 0 Å². The molecule has 0 aliphatic heterocycles. The van der Waals surface area contributed by atoms with Crippen molar-refractivity contribution in [2.75, 3.05) is 5.32 Å². The largest absolute Gasteiger partial charge is 0.337 e. The van der Waals surface area contributed by atoms with E-state index < -0.39 is 11.4 Å². The topological polar surface area (TPSA) is 54.0 Å². The molecular weight excluding hydrogens is 293 g/mol. The number of terminal acetylenes is 1. The van der Waals surface area contributed by atoms with Gasteiger partial charge in [-0.1, -0.05) is 25.0 Å². The van der Waals surface area contributed by atoms with Gasteiger partial charge in [-0.25, -0.2) is 9.37 Å². The minimum absolute atomic E-state index is 0.246. The smallest absolute Gasteiger partial charge is 0.256 e. The van der Waals surface area contributed by atoms with E-state index in [0.717, 1.165) is 0 Å². The summed E-state index contributed by atoms with van der Waals surface area (Å²) in [5, 5.41) is 5.65. The van der Waals surface area contributed by atoms with Crippen LogP contribution in [0.15, 0.2) is 42.6 Å². The fourth-order valence-electron chi connectivity index (χ4n) is 1.92. The molecule has 2 aromatic rings. The van der Waals surface area contributed by atoms with E-state index in [9.17, 15) is 9.18 Å². The summed E-state index contributed by atoms with van der Waals surface area (Å²) < 4.78 is 13.8. The Balaban J connectivity index is 2.29. The summed E-state index contributed by atoms with van der Waals surface area (Å²) in [7, 11) is 0. The Hall–Kier alpha value is -2.87. The second-order valence-corrected chi connectivity index (χ2v) is 5.29. The van der Waals surface area contributed by atoms with Crippen molar-refractivity contribution in [1.29, 1.82) is 0 Å². The zero-order valence-electron chi connectivity index (χ0n) is 13.1. The maximum absolute atomic E-state index is 13.8. The molecule has 1 atom stereocenters. The highest BCUT2D eigenvalue weighted by atomic mass is 19.1. The third kappa shape index (κ3) is 3.86. The molecule has 1 heterocycles. The number of carbonyl (C=O) groups is 1. The van der Waals surface area contributed by atoms with E-state index in [2.05, 4.69) is 21.5 Å². The van der Waals surface area contributed by atoms with Crippen molar-refractivity contribution in [3.05, 3.63) is 54.0 Å². The fraction of sp³-hybridized carbons (Fsp3) is 0.222. The number of rotatable bonds is 5. The Morgan fingerprint density at radius 1 is 1.35 bits per heavy atom. The molecule has 1 unspecified atom stereocenters. The third-order valence-corrected chi connectivity index (χ3v) is 3.59. The number of aromatic nitrogens is 1. The molecule has 1 amide bonds. The average Bonchev–Trinajstić information content (AvgIpc) is 2.57. The zero-order valence-corrected chi connectivity index (χ0v) is 13.1. The van der Waals surface area contributed by atoms with Crippen molar-refractivity contribution in [1.82, 2.24) is 10.3 Å². The lowest BCUT2D eigenvalue weighted by atomic mass is 9.99. The van der Waals surface area contributed by atoms with Crippen LogP contribution in [-0.4, -0.2) is 16.4 Å². The van der Waals surface area contributed by atoms with E-state index in [1.165, 1.54) is 12.3 Å². The fourth-order valence-corrected chi connectivity index (χ4v) is 1.92. The maximum Gasteiger partial charge on any atom is 0.256 e. The predicted octanol–water partition coefficient (Wildman–Crippen LogP) is 3.50. The molecule has 2 rings (SSSR count). The maximum atomic E-state index is 13.8. The minimum Gasteiger partial charge on any atom is -0.337 e. The number of benzene rings is 1. The van der Waals surface area contributed by atoms with Crippen LogP contribution in [0.2, 0.25) is 0 Å². The van der Waals surface area contributed by atoms with Crippen LogP contribution in [0.5, 0.6) is 0 Å². The Labute approximate surface area is 135 Å². The van der Waals surface area contributed by atoms with Crippen LogP contribution in [0.25, 0.3) is 0 Å². The van der Waals surface area contributed by atoms with Gasteiger partial charge in [0.1, 0.15) is 11.6 Å². The molecule has 23 heavy (non-hydrogen) atoms. The van der Waals surface area contributed by atoms with E-state index in [-0.39, 0.29) is 17.4 Å². The van der Waals surface area contributed by atoms with Crippen molar-refractivity contribution in [2.24, 2.45) is 0 Å². The molecule has 1 aromatic carbocycles. The minimum atomic E-state index is -0.748. The van der Waals surface area contributed by atoms with Crippen molar-refractivity contribution in [3.63, 3.8) is 0 Å². The van der Waals surface area contributed by atoms with Crippen LogP contribution < -0.4 is 10.6 Å². The van der Waals surface area contributed by atoms with Crippen LogP contribution in [0.4, 0.5) is 15.9 Å². The molecular formula is C18H18FN3O. The Morgan fingerprint density at radius 3 is 2.74 bits per heavy atom. The zero-order chi connectivity index (χ0) is 16.9. The summed E-state index contributed by atoms with van der Waals surface area (Å²) in [6, 6.07) is 9.44. The van der Waals surface area contributed by atoms with Crippen LogP contribution in [0.1, 0.15) is 30.6 Å². The summed E-state index contributed by atoms with van der Waals surface area (Å²) in [5.41, 5.74) is -0.205. The Kier molecular flexibility index (Phi) is 4.97. The molecule has 118 valence electrons. The average molecular weight is 311 g/mol. The number of anilines is 2. The second-order valence-electron chi connectivity index (χ2n) is 5.29. The molecule has 0 saturated heterocycles. The second kappa shape index (κ2) is 6.93. The van der Waals surface area contributed by atoms with Crippen LogP contribution >= 0.6 is 0 Å². The molecule has 5 heteroatoms. The molecule has 1 aromatic heterocycles. The number of nitrogens with zero attached hydrogens (tertiary/aromatic N) is 1. The van der Waals surface area contributed by atoms with E-state index in [1.54, 1.807) is 37.3 Å². The molecule has 4 nitrogen and oxygen atoms in total. The van der Waals surface area contributed by atoms with E-state index in [0.29, 0.717) is 12.0 Å². The Morgan fingerprint density at radius 2 is 2.09 bits per heavy atom. The van der Waals surface area contributed by atoms with Gasteiger partial charge in [-0.05, 0) is 37.6 Å². The highest BCUT2D eigenvalue weighted by Gasteiger charge is 2.23. The highest BCUT2D eigenvalue weighted by molar-refractivity contribution is 5.99. The molecule has 0 aliphatic rings. The van der Waals surface area contributed by atoms with Crippen molar-refractivity contribution >= 4 is 17.4 Å². The first kappa shape index (κ1) is 16.5. The molecule has 0 bridgehead atoms. The number of hydrogen-bond acceptors (Lipinski definition) is 3. The first-order valence-electron chi connectivity index (χ1n) is 7.26. The number of para-hydroxylation sites is 1. The van der Waals surface area contributed by atoms with Gasteiger partial charge in [0, 0.05) is 6.20 Å². The monoisotopic (exact) mass is 311 g/mol. The first-order chi connectivity index (χ1) is 11.0. The normalized spacial score (nSPS) is 12.8. The van der Waals surface area contributed by atoms with Crippen LogP contribution in [0.3, 0.4) is 0 Å². The van der Waals surface area contributed by atoms with Gasteiger partial charge in [-0.15, -0.1) is 6.42 Å². The number of halogens is 1. The SMILES string of the molecule is C#CC(C)(CC)NC(=O)c1cccnc1Nc1ccccc1F. The van der Waals surface area contributed by atoms with E-state index in [1.807, 2.05) is 6.92 Å². The van der Waals surface area contributed by atoms with Gasteiger partial charge >= 0.3 is 0 Å². The van der Waals surface area contributed by atoms with Crippen molar-refractivity contribution < 1.29 is 9.18 Å². The lowest BCUT2D eigenvalue weighted by Crippen LogP contribution is -2.44. The molecule has 0 spiro atoms. The predicted molar refractivity (Wildman–Crippen MR) is 88.9 cm³/mol. The number of hydrogen-bond donors (Lipinski definition) is 2. The van der Waals surface area contributed by atoms with Gasteiger partial charge in [-0.2, -0.15) is 0 Å². The molecule has 2 N–H and O–H groups in total. The lowest BCUT2D eigenvalue weighted by Gasteiger charge is -2.24.